The number of aliphatic imine (C=N–C) groups is 1. The zero-order valence-corrected chi connectivity index (χ0v) is 28.8. The van der Waals surface area contributed by atoms with Crippen LogP contribution in [-0.4, -0.2) is 50.9 Å². The summed E-state index contributed by atoms with van der Waals surface area (Å²) in [5.74, 6) is 1.82. The van der Waals surface area contributed by atoms with Gasteiger partial charge in [0.15, 0.2) is 23.0 Å². The molecule has 52 heavy (non-hydrogen) atoms. The maximum Gasteiger partial charge on any atom is 0.261 e. The fraction of sp³-hybridized carbons (Fsp3) is 0.214. The minimum atomic E-state index is -0.141. The summed E-state index contributed by atoms with van der Waals surface area (Å²) in [6.45, 7) is 1.17. The minimum Gasteiger partial charge on any atom is -0.493 e. The fourth-order valence-electron chi connectivity index (χ4n) is 7.73. The van der Waals surface area contributed by atoms with E-state index >= 15 is 0 Å². The van der Waals surface area contributed by atoms with Gasteiger partial charge in [0, 0.05) is 42.7 Å². The van der Waals surface area contributed by atoms with Gasteiger partial charge in [-0.15, -0.1) is 0 Å². The van der Waals surface area contributed by atoms with E-state index in [9.17, 15) is 9.59 Å². The van der Waals surface area contributed by atoms with Gasteiger partial charge >= 0.3 is 0 Å². The SMILES string of the molecule is COc1cc2c(cc1OCc1cccc(COc3cc4c(cc3OC)C(=O)N3c5ccccc5C[C@H]3CN4)c1)N=CC1Cc3ccccc3N1C2=O. The Bertz CT molecular complexity index is 2290. The molecule has 260 valence electrons. The first-order chi connectivity index (χ1) is 25.5. The molecule has 4 heterocycles. The van der Waals surface area contributed by atoms with E-state index in [1.807, 2.05) is 82.7 Å². The van der Waals surface area contributed by atoms with Crippen molar-refractivity contribution < 1.29 is 28.5 Å². The van der Waals surface area contributed by atoms with Crippen LogP contribution in [-0.2, 0) is 26.1 Å². The lowest BCUT2D eigenvalue weighted by molar-refractivity contribution is 0.0976. The molecule has 10 nitrogen and oxygen atoms in total. The molecule has 4 aliphatic heterocycles. The summed E-state index contributed by atoms with van der Waals surface area (Å²) in [5, 5.41) is 3.49. The Hall–Kier alpha value is -6.29. The first-order valence-electron chi connectivity index (χ1n) is 17.4. The van der Waals surface area contributed by atoms with Gasteiger partial charge in [-0.25, -0.2) is 0 Å². The smallest absolute Gasteiger partial charge is 0.261 e. The molecule has 10 heteroatoms. The first-order valence-corrected chi connectivity index (χ1v) is 17.4. The van der Waals surface area contributed by atoms with Crippen LogP contribution in [0.1, 0.15) is 43.0 Å². The van der Waals surface area contributed by atoms with Crippen molar-refractivity contribution in [2.24, 2.45) is 4.99 Å². The van der Waals surface area contributed by atoms with E-state index in [1.54, 1.807) is 32.4 Å². The Morgan fingerprint density at radius 3 is 2.00 bits per heavy atom. The molecule has 1 N–H and O–H groups in total. The Kier molecular flexibility index (Phi) is 7.79. The van der Waals surface area contributed by atoms with Crippen molar-refractivity contribution in [1.82, 2.24) is 0 Å². The number of hydrogen-bond acceptors (Lipinski definition) is 8. The van der Waals surface area contributed by atoms with Crippen LogP contribution in [0.2, 0.25) is 0 Å². The Morgan fingerprint density at radius 2 is 1.29 bits per heavy atom. The summed E-state index contributed by atoms with van der Waals surface area (Å²) < 4.78 is 24.0. The summed E-state index contributed by atoms with van der Waals surface area (Å²) in [5.41, 5.74) is 8.35. The van der Waals surface area contributed by atoms with Gasteiger partial charge in [-0.3, -0.25) is 19.5 Å². The summed E-state index contributed by atoms with van der Waals surface area (Å²) in [7, 11) is 3.14. The predicted octanol–water partition coefficient (Wildman–Crippen LogP) is 7.15. The van der Waals surface area contributed by atoms with Crippen LogP contribution in [0, 0.1) is 0 Å². The molecule has 0 saturated carbocycles. The molecular weight excluding hydrogens is 656 g/mol. The number of nitrogens with zero attached hydrogens (tertiary/aromatic N) is 3. The van der Waals surface area contributed by atoms with Gasteiger partial charge in [-0.2, -0.15) is 0 Å². The molecule has 2 atom stereocenters. The number of carbonyl (C=O) groups excluding carboxylic acids is 2. The number of amides is 2. The number of fused-ring (bicyclic) bond motifs is 8. The number of ether oxygens (including phenoxy) is 4. The monoisotopic (exact) mass is 692 g/mol. The van der Waals surface area contributed by atoms with Gasteiger partial charge in [-0.05, 0) is 59.0 Å². The minimum absolute atomic E-state index is 0.0366. The molecule has 9 rings (SSSR count). The van der Waals surface area contributed by atoms with E-state index in [1.165, 1.54) is 5.56 Å². The van der Waals surface area contributed by atoms with Gasteiger partial charge in [0.25, 0.3) is 11.8 Å². The summed E-state index contributed by atoms with van der Waals surface area (Å²) >= 11 is 0. The molecule has 1 unspecified atom stereocenters. The zero-order valence-electron chi connectivity index (χ0n) is 28.8. The standard InChI is InChI=1S/C42H36N4O6/c1-49-37-17-31-33(43-21-29-15-27-10-3-5-12-35(27)45(29)41(31)47)19-39(37)51-23-25-8-7-9-26(14-25)24-52-40-20-34-32(18-38(40)50-2)42(48)46-30(22-44-34)16-28-11-4-6-13-36(28)46/h3-14,17-21,29-30,44H,15-16,22-24H2,1-2H3/t29?,30-/m0/s1. The predicted molar refractivity (Wildman–Crippen MR) is 199 cm³/mol. The molecule has 0 saturated heterocycles. The van der Waals surface area contributed by atoms with Crippen LogP contribution in [0.4, 0.5) is 22.7 Å². The topological polar surface area (TPSA) is 102 Å². The van der Waals surface area contributed by atoms with Gasteiger partial charge in [0.2, 0.25) is 0 Å². The van der Waals surface area contributed by atoms with Crippen molar-refractivity contribution in [1.29, 1.82) is 0 Å². The highest BCUT2D eigenvalue weighted by molar-refractivity contribution is 6.15. The van der Waals surface area contributed by atoms with Gasteiger partial charge in [0.1, 0.15) is 13.2 Å². The molecule has 0 bridgehead atoms. The van der Waals surface area contributed by atoms with Crippen molar-refractivity contribution in [3.63, 3.8) is 0 Å². The van der Waals surface area contributed by atoms with Crippen molar-refractivity contribution in [2.75, 3.05) is 35.9 Å². The third kappa shape index (κ3) is 5.38. The number of hydrogen-bond donors (Lipinski definition) is 1. The van der Waals surface area contributed by atoms with Crippen molar-refractivity contribution in [2.45, 2.75) is 38.1 Å². The Labute approximate surface area is 301 Å². The van der Waals surface area contributed by atoms with E-state index in [-0.39, 0.29) is 37.1 Å². The van der Waals surface area contributed by atoms with Gasteiger partial charge in [0.05, 0.1) is 48.8 Å². The van der Waals surface area contributed by atoms with E-state index in [2.05, 4.69) is 17.4 Å². The van der Waals surface area contributed by atoms with Gasteiger partial charge in [-0.1, -0.05) is 54.6 Å². The molecule has 0 aliphatic carbocycles. The number of benzene rings is 5. The summed E-state index contributed by atoms with van der Waals surface area (Å²) in [4.78, 5) is 36.0. The molecule has 5 aromatic carbocycles. The lowest BCUT2D eigenvalue weighted by Gasteiger charge is -2.22. The van der Waals surface area contributed by atoms with Gasteiger partial charge < -0.3 is 29.2 Å². The molecule has 0 spiro atoms. The number of rotatable bonds is 8. The van der Waals surface area contributed by atoms with Crippen molar-refractivity contribution >= 4 is 40.8 Å². The average Bonchev–Trinajstić information content (AvgIpc) is 3.67. The van der Waals surface area contributed by atoms with E-state index in [0.29, 0.717) is 46.4 Å². The number of anilines is 3. The lowest BCUT2D eigenvalue weighted by atomic mass is 10.1. The number of para-hydroxylation sites is 2. The first kappa shape index (κ1) is 31.7. The van der Waals surface area contributed by atoms with E-state index in [4.69, 9.17) is 23.9 Å². The maximum atomic E-state index is 13.8. The number of nitrogens with one attached hydrogen (secondary N) is 1. The molecule has 0 radical (unpaired) electrons. The molecule has 5 aromatic rings. The Morgan fingerprint density at radius 1 is 0.673 bits per heavy atom. The van der Waals surface area contributed by atoms with Crippen LogP contribution >= 0.6 is 0 Å². The fourth-order valence-corrected chi connectivity index (χ4v) is 7.73. The summed E-state index contributed by atoms with van der Waals surface area (Å²) in [6.07, 6.45) is 3.38. The second kappa shape index (κ2) is 12.8. The quantitative estimate of drug-likeness (QED) is 0.184. The highest BCUT2D eigenvalue weighted by Crippen LogP contribution is 2.42. The van der Waals surface area contributed by atoms with Crippen LogP contribution in [0.5, 0.6) is 23.0 Å². The number of carbonyl (C=O) groups is 2. The molecular formula is C42H36N4O6. The van der Waals surface area contributed by atoms with Crippen molar-refractivity contribution in [3.05, 3.63) is 130 Å². The van der Waals surface area contributed by atoms with E-state index in [0.717, 1.165) is 46.6 Å². The number of methoxy groups -OCH3 is 2. The highest BCUT2D eigenvalue weighted by atomic mass is 16.5. The zero-order chi connectivity index (χ0) is 35.3. The molecule has 4 aliphatic rings. The largest absolute Gasteiger partial charge is 0.493 e. The second-order valence-corrected chi connectivity index (χ2v) is 13.4. The third-order valence-electron chi connectivity index (χ3n) is 10.3. The second-order valence-electron chi connectivity index (χ2n) is 13.4. The maximum absolute atomic E-state index is 13.8. The summed E-state index contributed by atoms with van der Waals surface area (Å²) in [6, 6.07) is 31.0. The van der Waals surface area contributed by atoms with Crippen LogP contribution < -0.4 is 34.1 Å². The molecule has 2 amide bonds. The van der Waals surface area contributed by atoms with Crippen LogP contribution in [0.15, 0.2) is 102 Å². The van der Waals surface area contributed by atoms with Crippen LogP contribution in [0.3, 0.4) is 0 Å². The lowest BCUT2D eigenvalue weighted by Crippen LogP contribution is -2.39. The highest BCUT2D eigenvalue weighted by Gasteiger charge is 2.38. The van der Waals surface area contributed by atoms with E-state index < -0.39 is 0 Å². The molecule has 0 aromatic heterocycles. The van der Waals surface area contributed by atoms with Crippen molar-refractivity contribution in [3.8, 4) is 23.0 Å². The Balaban J connectivity index is 0.903. The van der Waals surface area contributed by atoms with Crippen LogP contribution in [0.25, 0.3) is 0 Å². The average molecular weight is 693 g/mol. The third-order valence-corrected chi connectivity index (χ3v) is 10.3. The normalized spacial score (nSPS) is 17.8. The molecule has 0 fully saturated rings.